The fourth-order valence-corrected chi connectivity index (χ4v) is 3.05. The lowest BCUT2D eigenvalue weighted by molar-refractivity contribution is 0.0470. The molecule has 1 heterocycles. The van der Waals surface area contributed by atoms with Crippen molar-refractivity contribution in [2.75, 3.05) is 0 Å². The summed E-state index contributed by atoms with van der Waals surface area (Å²) >= 11 is 0. The molecular formula is C21H14O6. The van der Waals surface area contributed by atoms with Gasteiger partial charge in [-0.25, -0.2) is 9.59 Å². The molecule has 134 valence electrons. The Bertz CT molecular complexity index is 1240. The number of esters is 1. The molecule has 0 radical (unpaired) electrons. The van der Waals surface area contributed by atoms with Crippen molar-refractivity contribution in [3.8, 4) is 11.5 Å². The van der Waals surface area contributed by atoms with Crippen molar-refractivity contribution in [3.63, 3.8) is 0 Å². The molecule has 6 nitrogen and oxygen atoms in total. The second-order valence-electron chi connectivity index (χ2n) is 6.03. The SMILES string of the molecule is O=C(OCc1cc(=O)oc2ccc3ccccc3c12)c1ccc(O)cc1O. The van der Waals surface area contributed by atoms with E-state index in [1.54, 1.807) is 6.07 Å². The third-order valence-corrected chi connectivity index (χ3v) is 4.27. The molecule has 0 atom stereocenters. The molecule has 0 unspecified atom stereocenters. The molecule has 0 aliphatic heterocycles. The number of rotatable bonds is 3. The van der Waals surface area contributed by atoms with E-state index in [0.29, 0.717) is 16.5 Å². The number of carbonyl (C=O) groups excluding carboxylic acids is 1. The first kappa shape index (κ1) is 16.7. The minimum absolute atomic E-state index is 0.0788. The maximum Gasteiger partial charge on any atom is 0.342 e. The van der Waals surface area contributed by atoms with E-state index in [0.717, 1.165) is 16.8 Å². The van der Waals surface area contributed by atoms with Gasteiger partial charge < -0.3 is 19.4 Å². The van der Waals surface area contributed by atoms with Crippen LogP contribution >= 0.6 is 0 Å². The molecule has 3 aromatic carbocycles. The highest BCUT2D eigenvalue weighted by atomic mass is 16.5. The first-order chi connectivity index (χ1) is 13.0. The number of phenolic OH excluding ortho intramolecular Hbond substituents is 2. The molecule has 0 saturated carbocycles. The molecule has 0 aliphatic carbocycles. The molecule has 0 aliphatic rings. The lowest BCUT2D eigenvalue weighted by atomic mass is 10.0. The summed E-state index contributed by atoms with van der Waals surface area (Å²) in [6.45, 7) is -0.171. The monoisotopic (exact) mass is 362 g/mol. The second kappa shape index (κ2) is 6.49. The molecule has 0 spiro atoms. The fraction of sp³-hybridized carbons (Fsp3) is 0.0476. The van der Waals surface area contributed by atoms with Crippen LogP contribution in [-0.2, 0) is 11.3 Å². The Hall–Kier alpha value is -3.80. The third-order valence-electron chi connectivity index (χ3n) is 4.27. The van der Waals surface area contributed by atoms with Gasteiger partial charge in [-0.3, -0.25) is 0 Å². The summed E-state index contributed by atoms with van der Waals surface area (Å²) in [7, 11) is 0. The maximum atomic E-state index is 12.3. The van der Waals surface area contributed by atoms with Gasteiger partial charge in [0.1, 0.15) is 29.3 Å². The summed E-state index contributed by atoms with van der Waals surface area (Å²) in [5.41, 5.74) is 0.283. The lowest BCUT2D eigenvalue weighted by Crippen LogP contribution is -2.08. The van der Waals surface area contributed by atoms with Crippen LogP contribution in [0.15, 0.2) is 69.9 Å². The molecule has 4 rings (SSSR count). The van der Waals surface area contributed by atoms with Gasteiger partial charge in [0, 0.05) is 23.1 Å². The summed E-state index contributed by atoms with van der Waals surface area (Å²) in [4.78, 5) is 24.1. The van der Waals surface area contributed by atoms with Crippen LogP contribution in [0.25, 0.3) is 21.7 Å². The highest BCUT2D eigenvalue weighted by Gasteiger charge is 2.16. The number of ether oxygens (including phenoxy) is 1. The number of fused-ring (bicyclic) bond motifs is 3. The largest absolute Gasteiger partial charge is 0.508 e. The Labute approximate surface area is 152 Å². The summed E-state index contributed by atoms with van der Waals surface area (Å²) < 4.78 is 10.6. The molecule has 0 bridgehead atoms. The fourth-order valence-electron chi connectivity index (χ4n) is 3.05. The number of hydrogen-bond donors (Lipinski definition) is 2. The summed E-state index contributed by atoms with van der Waals surface area (Å²) in [5.74, 6) is -1.32. The molecule has 4 aromatic rings. The first-order valence-corrected chi connectivity index (χ1v) is 8.16. The summed E-state index contributed by atoms with van der Waals surface area (Å²) in [5, 5.41) is 21.6. The number of hydrogen-bond acceptors (Lipinski definition) is 6. The van der Waals surface area contributed by atoms with Crippen molar-refractivity contribution in [3.05, 3.63) is 82.2 Å². The number of phenols is 2. The summed E-state index contributed by atoms with van der Waals surface area (Å²) in [6, 6.07) is 16.0. The number of carbonyl (C=O) groups is 1. The van der Waals surface area contributed by atoms with Crippen molar-refractivity contribution in [1.29, 1.82) is 0 Å². The highest BCUT2D eigenvalue weighted by molar-refractivity contribution is 6.07. The smallest absolute Gasteiger partial charge is 0.342 e. The van der Waals surface area contributed by atoms with E-state index < -0.39 is 11.6 Å². The quantitative estimate of drug-likeness (QED) is 0.328. The predicted octanol–water partition coefficient (Wildman–Crippen LogP) is 3.71. The Balaban J connectivity index is 1.74. The third kappa shape index (κ3) is 3.08. The van der Waals surface area contributed by atoms with E-state index in [4.69, 9.17) is 9.15 Å². The molecule has 0 saturated heterocycles. The molecule has 0 amide bonds. The van der Waals surface area contributed by atoms with Gasteiger partial charge in [-0.2, -0.15) is 0 Å². The van der Waals surface area contributed by atoms with Gasteiger partial charge >= 0.3 is 11.6 Å². The van der Waals surface area contributed by atoms with Crippen LogP contribution in [0.2, 0.25) is 0 Å². The summed E-state index contributed by atoms with van der Waals surface area (Å²) in [6.07, 6.45) is 0. The molecule has 1 aromatic heterocycles. The van der Waals surface area contributed by atoms with Gasteiger partial charge in [-0.1, -0.05) is 30.3 Å². The topological polar surface area (TPSA) is 97.0 Å². The average molecular weight is 362 g/mol. The molecule has 2 N–H and O–H groups in total. The van der Waals surface area contributed by atoms with Crippen molar-refractivity contribution in [1.82, 2.24) is 0 Å². The zero-order valence-corrected chi connectivity index (χ0v) is 14.0. The first-order valence-electron chi connectivity index (χ1n) is 8.16. The van der Waals surface area contributed by atoms with Crippen molar-refractivity contribution in [2.24, 2.45) is 0 Å². The van der Waals surface area contributed by atoms with E-state index in [2.05, 4.69) is 0 Å². The minimum Gasteiger partial charge on any atom is -0.508 e. The molecule has 27 heavy (non-hydrogen) atoms. The van der Waals surface area contributed by atoms with Crippen LogP contribution in [-0.4, -0.2) is 16.2 Å². The normalized spacial score (nSPS) is 11.0. The zero-order valence-electron chi connectivity index (χ0n) is 14.0. The number of benzene rings is 3. The van der Waals surface area contributed by atoms with Crippen molar-refractivity contribution in [2.45, 2.75) is 6.61 Å². The van der Waals surface area contributed by atoms with Crippen LogP contribution in [0.3, 0.4) is 0 Å². The molecular weight excluding hydrogens is 348 g/mol. The average Bonchev–Trinajstić information content (AvgIpc) is 2.65. The Morgan fingerprint density at radius 2 is 1.81 bits per heavy atom. The van der Waals surface area contributed by atoms with Crippen LogP contribution < -0.4 is 5.63 Å². The van der Waals surface area contributed by atoms with E-state index in [1.807, 2.05) is 30.3 Å². The Kier molecular flexibility index (Phi) is 4.01. The van der Waals surface area contributed by atoms with E-state index in [1.165, 1.54) is 18.2 Å². The van der Waals surface area contributed by atoms with Crippen LogP contribution in [0.1, 0.15) is 15.9 Å². The van der Waals surface area contributed by atoms with Crippen molar-refractivity contribution < 1.29 is 24.2 Å². The second-order valence-corrected chi connectivity index (χ2v) is 6.03. The predicted molar refractivity (Wildman–Crippen MR) is 98.9 cm³/mol. The maximum absolute atomic E-state index is 12.3. The number of aromatic hydroxyl groups is 2. The van der Waals surface area contributed by atoms with Gasteiger partial charge in [0.2, 0.25) is 0 Å². The van der Waals surface area contributed by atoms with Gasteiger partial charge in [-0.15, -0.1) is 0 Å². The van der Waals surface area contributed by atoms with Crippen LogP contribution in [0.4, 0.5) is 0 Å². The minimum atomic E-state index is -0.769. The zero-order chi connectivity index (χ0) is 19.0. The van der Waals surface area contributed by atoms with E-state index >= 15 is 0 Å². The van der Waals surface area contributed by atoms with E-state index in [-0.39, 0.29) is 23.7 Å². The lowest BCUT2D eigenvalue weighted by Gasteiger charge is -2.10. The van der Waals surface area contributed by atoms with Gasteiger partial charge in [-0.05, 0) is 29.0 Å². The van der Waals surface area contributed by atoms with Crippen LogP contribution in [0.5, 0.6) is 11.5 Å². The van der Waals surface area contributed by atoms with Crippen LogP contribution in [0, 0.1) is 0 Å². The standard InChI is InChI=1S/C21H14O6/c22-14-6-7-16(17(23)10-14)21(25)26-11-13-9-19(24)27-18-8-5-12-3-1-2-4-15(12)20(13)18/h1-10,22-23H,11H2. The molecule has 0 fully saturated rings. The van der Waals surface area contributed by atoms with E-state index in [9.17, 15) is 19.8 Å². The van der Waals surface area contributed by atoms with Gasteiger partial charge in [0.05, 0.1) is 0 Å². The highest BCUT2D eigenvalue weighted by Crippen LogP contribution is 2.28. The van der Waals surface area contributed by atoms with Gasteiger partial charge in [0.15, 0.2) is 0 Å². The van der Waals surface area contributed by atoms with Gasteiger partial charge in [0.25, 0.3) is 0 Å². The van der Waals surface area contributed by atoms with Crippen molar-refractivity contribution >= 4 is 27.7 Å². The Morgan fingerprint density at radius 1 is 1.00 bits per heavy atom. The molecule has 6 heteroatoms. The Morgan fingerprint density at radius 3 is 2.63 bits per heavy atom.